The Bertz CT molecular complexity index is 605. The number of methoxy groups -OCH3 is 1. The van der Waals surface area contributed by atoms with Gasteiger partial charge in [-0.2, -0.15) is 26.3 Å². The van der Waals surface area contributed by atoms with Gasteiger partial charge in [0.05, 0.1) is 19.3 Å². The van der Waals surface area contributed by atoms with E-state index in [1.54, 1.807) is 4.90 Å². The smallest absolute Gasteiger partial charge is 0.418 e. The van der Waals surface area contributed by atoms with Crippen molar-refractivity contribution in [1.82, 2.24) is 4.98 Å². The van der Waals surface area contributed by atoms with Crippen molar-refractivity contribution in [3.8, 4) is 0 Å². The molecule has 0 aliphatic rings. The first-order valence-corrected chi connectivity index (χ1v) is 7.85. The quantitative estimate of drug-likeness (QED) is 0.574. The first-order valence-electron chi connectivity index (χ1n) is 7.85. The van der Waals surface area contributed by atoms with Crippen LogP contribution in [0.5, 0.6) is 0 Å². The standard InChI is InChI=1S/C14H19F3N2O3.C2H3F3/c1-4-5-19(6-7-20)12-11(13(21)22-3)9(2)10(8-18-12)14(15,16)17;1-2(3,4)5/h8,20H,4-7H2,1-3H3;1H3. The minimum Gasteiger partial charge on any atom is -0.465 e. The Labute approximate surface area is 152 Å². The van der Waals surface area contributed by atoms with E-state index in [0.29, 0.717) is 19.2 Å². The molecule has 27 heavy (non-hydrogen) atoms. The van der Waals surface area contributed by atoms with Crippen LogP contribution in [0.4, 0.5) is 32.2 Å². The summed E-state index contributed by atoms with van der Waals surface area (Å²) in [6.45, 7) is 3.68. The van der Waals surface area contributed by atoms with Gasteiger partial charge in [-0.25, -0.2) is 9.78 Å². The van der Waals surface area contributed by atoms with E-state index in [2.05, 4.69) is 9.72 Å². The van der Waals surface area contributed by atoms with Gasteiger partial charge in [0.25, 0.3) is 0 Å². The van der Waals surface area contributed by atoms with Gasteiger partial charge in [-0.1, -0.05) is 6.92 Å². The molecule has 1 rings (SSSR count). The van der Waals surface area contributed by atoms with Crippen LogP contribution < -0.4 is 4.90 Å². The van der Waals surface area contributed by atoms with Crippen LogP contribution in [0, 0.1) is 6.92 Å². The zero-order chi connectivity index (χ0) is 21.4. The Morgan fingerprint density at radius 1 is 1.22 bits per heavy atom. The van der Waals surface area contributed by atoms with Crippen molar-refractivity contribution in [2.75, 3.05) is 31.7 Å². The molecule has 0 aliphatic heterocycles. The maximum absolute atomic E-state index is 13.0. The fourth-order valence-corrected chi connectivity index (χ4v) is 2.18. The number of anilines is 1. The van der Waals surface area contributed by atoms with Gasteiger partial charge >= 0.3 is 18.3 Å². The zero-order valence-corrected chi connectivity index (χ0v) is 15.3. The molecular weight excluding hydrogens is 382 g/mol. The zero-order valence-electron chi connectivity index (χ0n) is 15.3. The number of rotatable bonds is 6. The molecule has 0 spiro atoms. The topological polar surface area (TPSA) is 62.7 Å². The number of nitrogens with zero attached hydrogens (tertiary/aromatic N) is 2. The third-order valence-corrected chi connectivity index (χ3v) is 3.18. The van der Waals surface area contributed by atoms with Crippen LogP contribution in [0.25, 0.3) is 0 Å². The van der Waals surface area contributed by atoms with Crippen molar-refractivity contribution < 1.29 is 41.0 Å². The van der Waals surface area contributed by atoms with E-state index in [4.69, 9.17) is 5.11 Å². The lowest BCUT2D eigenvalue weighted by molar-refractivity contribution is -0.138. The molecule has 0 aliphatic carbocycles. The predicted octanol–water partition coefficient (Wildman–Crippen LogP) is 3.97. The molecule has 5 nitrogen and oxygen atoms in total. The number of carbonyl (C=O) groups excluding carboxylic acids is 1. The molecule has 0 saturated heterocycles. The molecule has 1 aromatic rings. The SMILES string of the molecule is CC(F)(F)F.CCCN(CCO)c1ncc(C(F)(F)F)c(C)c1C(=O)OC. The lowest BCUT2D eigenvalue weighted by Gasteiger charge is -2.26. The van der Waals surface area contributed by atoms with E-state index in [1.165, 1.54) is 6.92 Å². The largest absolute Gasteiger partial charge is 0.465 e. The third-order valence-electron chi connectivity index (χ3n) is 3.18. The summed E-state index contributed by atoms with van der Waals surface area (Å²) in [5, 5.41) is 9.10. The average molecular weight is 404 g/mol. The second kappa shape index (κ2) is 10.3. The third kappa shape index (κ3) is 8.46. The maximum atomic E-state index is 13.0. The summed E-state index contributed by atoms with van der Waals surface area (Å²) >= 11 is 0. The first kappa shape index (κ1) is 25.0. The molecule has 0 bridgehead atoms. The van der Waals surface area contributed by atoms with E-state index in [9.17, 15) is 31.1 Å². The fourth-order valence-electron chi connectivity index (χ4n) is 2.18. The van der Waals surface area contributed by atoms with Crippen molar-refractivity contribution >= 4 is 11.8 Å². The van der Waals surface area contributed by atoms with Crippen molar-refractivity contribution in [3.63, 3.8) is 0 Å². The summed E-state index contributed by atoms with van der Waals surface area (Å²) in [5.74, 6) is -0.793. The molecule has 0 saturated carbocycles. The van der Waals surface area contributed by atoms with Crippen LogP contribution in [0.1, 0.15) is 41.8 Å². The highest BCUT2D eigenvalue weighted by Gasteiger charge is 2.36. The highest BCUT2D eigenvalue weighted by molar-refractivity contribution is 5.96. The Hall–Kier alpha value is -2.04. The highest BCUT2D eigenvalue weighted by atomic mass is 19.4. The number of pyridine rings is 1. The van der Waals surface area contributed by atoms with E-state index < -0.39 is 23.9 Å². The van der Waals surface area contributed by atoms with Crippen molar-refractivity contribution in [3.05, 3.63) is 22.9 Å². The monoisotopic (exact) mass is 404 g/mol. The minimum absolute atomic E-state index is 0.0910. The summed E-state index contributed by atoms with van der Waals surface area (Å²) in [7, 11) is 1.10. The molecule has 0 aromatic carbocycles. The Morgan fingerprint density at radius 3 is 2.11 bits per heavy atom. The molecule has 1 N–H and O–H groups in total. The van der Waals surface area contributed by atoms with Gasteiger partial charge in [0.2, 0.25) is 0 Å². The van der Waals surface area contributed by atoms with E-state index in [-0.39, 0.29) is 37.0 Å². The molecule has 11 heteroatoms. The number of aliphatic hydroxyl groups excluding tert-OH is 1. The van der Waals surface area contributed by atoms with E-state index >= 15 is 0 Å². The number of ether oxygens (including phenoxy) is 1. The number of aromatic nitrogens is 1. The number of hydrogen-bond acceptors (Lipinski definition) is 5. The normalized spacial score (nSPS) is 11.5. The summed E-state index contributed by atoms with van der Waals surface area (Å²) in [6.07, 6.45) is -7.22. The maximum Gasteiger partial charge on any atom is 0.418 e. The second-order valence-corrected chi connectivity index (χ2v) is 5.48. The number of halogens is 6. The average Bonchev–Trinajstić information content (AvgIpc) is 2.50. The molecule has 0 unspecified atom stereocenters. The molecule has 1 aromatic heterocycles. The van der Waals surface area contributed by atoms with Crippen molar-refractivity contribution in [1.29, 1.82) is 0 Å². The van der Waals surface area contributed by atoms with Crippen LogP contribution in [-0.2, 0) is 10.9 Å². The number of hydrogen-bond donors (Lipinski definition) is 1. The Balaban J connectivity index is 0.00000119. The van der Waals surface area contributed by atoms with Crippen LogP contribution in [0.2, 0.25) is 0 Å². The minimum atomic E-state index is -4.61. The van der Waals surface area contributed by atoms with Gasteiger partial charge in [-0.05, 0) is 18.9 Å². The molecule has 1 heterocycles. The molecular formula is C16H22F6N2O3. The summed E-state index contributed by atoms with van der Waals surface area (Å²) in [6, 6.07) is 0. The number of esters is 1. The fraction of sp³-hybridized carbons (Fsp3) is 0.625. The number of alkyl halides is 6. The van der Waals surface area contributed by atoms with Crippen LogP contribution in [0.3, 0.4) is 0 Å². The number of aliphatic hydroxyl groups is 1. The van der Waals surface area contributed by atoms with Crippen LogP contribution in [0.15, 0.2) is 6.20 Å². The van der Waals surface area contributed by atoms with Gasteiger partial charge in [0, 0.05) is 26.2 Å². The Morgan fingerprint density at radius 2 is 1.74 bits per heavy atom. The first-order chi connectivity index (χ1) is 12.3. The van der Waals surface area contributed by atoms with Gasteiger partial charge < -0.3 is 14.7 Å². The molecule has 156 valence electrons. The van der Waals surface area contributed by atoms with Crippen LogP contribution >= 0.6 is 0 Å². The van der Waals surface area contributed by atoms with Crippen molar-refractivity contribution in [2.45, 2.75) is 39.5 Å². The second-order valence-electron chi connectivity index (χ2n) is 5.48. The van der Waals surface area contributed by atoms with Gasteiger partial charge in [0.1, 0.15) is 11.4 Å². The van der Waals surface area contributed by atoms with Crippen molar-refractivity contribution in [2.24, 2.45) is 0 Å². The van der Waals surface area contributed by atoms with Crippen LogP contribution in [-0.4, -0.2) is 49.0 Å². The molecule has 0 amide bonds. The molecule has 0 radical (unpaired) electrons. The van der Waals surface area contributed by atoms with E-state index in [1.807, 2.05) is 6.92 Å². The van der Waals surface area contributed by atoms with Gasteiger partial charge in [-0.15, -0.1) is 0 Å². The summed E-state index contributed by atoms with van der Waals surface area (Å²) in [4.78, 5) is 17.3. The highest BCUT2D eigenvalue weighted by Crippen LogP contribution is 2.35. The lowest BCUT2D eigenvalue weighted by Crippen LogP contribution is -2.31. The van der Waals surface area contributed by atoms with E-state index in [0.717, 1.165) is 7.11 Å². The lowest BCUT2D eigenvalue weighted by atomic mass is 10.0. The molecule has 0 fully saturated rings. The summed E-state index contributed by atoms with van der Waals surface area (Å²) < 4.78 is 74.6. The molecule has 0 atom stereocenters. The number of carbonyl (C=O) groups is 1. The summed E-state index contributed by atoms with van der Waals surface area (Å²) in [5.41, 5.74) is -1.43. The Kier molecular flexibility index (Phi) is 9.55. The van der Waals surface area contributed by atoms with Gasteiger partial charge in [0.15, 0.2) is 0 Å². The van der Waals surface area contributed by atoms with Gasteiger partial charge in [-0.3, -0.25) is 0 Å². The predicted molar refractivity (Wildman–Crippen MR) is 86.6 cm³/mol.